The number of para-hydroxylation sites is 2. The second-order valence-corrected chi connectivity index (χ2v) is 4.53. The number of carboxylic acids is 1. The first-order valence-corrected chi connectivity index (χ1v) is 6.88. The van der Waals surface area contributed by atoms with E-state index in [1.165, 1.54) is 12.1 Å². The zero-order valence-electron chi connectivity index (χ0n) is 12.5. The smallest absolute Gasteiger partial charge is 0.347 e. The Kier molecular flexibility index (Phi) is 5.71. The molecule has 6 heteroatoms. The van der Waals surface area contributed by atoms with E-state index in [4.69, 9.17) is 19.3 Å². The maximum absolute atomic E-state index is 12.3. The van der Waals surface area contributed by atoms with Gasteiger partial charge in [0.25, 0.3) is 0 Å². The monoisotopic (exact) mass is 316 g/mol. The number of rotatable bonds is 7. The van der Waals surface area contributed by atoms with Gasteiger partial charge in [-0.2, -0.15) is 0 Å². The van der Waals surface area contributed by atoms with Gasteiger partial charge in [0.2, 0.25) is 0 Å². The Morgan fingerprint density at radius 2 is 1.52 bits per heavy atom. The van der Waals surface area contributed by atoms with E-state index in [0.29, 0.717) is 12.4 Å². The molecule has 23 heavy (non-hydrogen) atoms. The van der Waals surface area contributed by atoms with Crippen LogP contribution in [-0.2, 0) is 4.74 Å². The third-order valence-corrected chi connectivity index (χ3v) is 2.97. The maximum atomic E-state index is 12.3. The highest BCUT2D eigenvalue weighted by molar-refractivity contribution is 5.96. The lowest BCUT2D eigenvalue weighted by atomic mass is 10.2. The van der Waals surface area contributed by atoms with Crippen LogP contribution in [0.15, 0.2) is 48.5 Å². The van der Waals surface area contributed by atoms with Crippen LogP contribution in [-0.4, -0.2) is 37.4 Å². The molecule has 0 bridgehead atoms. The van der Waals surface area contributed by atoms with Crippen molar-refractivity contribution in [2.24, 2.45) is 0 Å². The summed E-state index contributed by atoms with van der Waals surface area (Å²) in [5.41, 5.74) is 0.127. The van der Waals surface area contributed by atoms with Gasteiger partial charge in [-0.3, -0.25) is 0 Å². The van der Waals surface area contributed by atoms with Gasteiger partial charge in [-0.05, 0) is 24.3 Å². The van der Waals surface area contributed by atoms with Crippen LogP contribution in [0.4, 0.5) is 0 Å². The largest absolute Gasteiger partial charge is 0.490 e. The highest BCUT2D eigenvalue weighted by Gasteiger charge is 2.18. The molecule has 0 saturated carbocycles. The first-order chi connectivity index (χ1) is 11.1. The summed E-state index contributed by atoms with van der Waals surface area (Å²) in [6.07, 6.45) is 0. The van der Waals surface area contributed by atoms with Crippen molar-refractivity contribution in [3.63, 3.8) is 0 Å². The minimum absolute atomic E-state index is 0.0169. The van der Waals surface area contributed by atoms with Crippen molar-refractivity contribution in [1.82, 2.24) is 0 Å². The van der Waals surface area contributed by atoms with Gasteiger partial charge in [0, 0.05) is 7.11 Å². The van der Waals surface area contributed by atoms with Crippen LogP contribution in [0.2, 0.25) is 0 Å². The van der Waals surface area contributed by atoms with Gasteiger partial charge < -0.3 is 19.3 Å². The van der Waals surface area contributed by atoms with Crippen LogP contribution < -0.4 is 9.47 Å². The van der Waals surface area contributed by atoms with Crippen molar-refractivity contribution in [2.75, 3.05) is 20.3 Å². The molecular formula is C17H16O6. The van der Waals surface area contributed by atoms with Crippen molar-refractivity contribution in [3.8, 4) is 11.5 Å². The topological polar surface area (TPSA) is 82.1 Å². The molecule has 0 unspecified atom stereocenters. The van der Waals surface area contributed by atoms with E-state index in [9.17, 15) is 9.59 Å². The first kappa shape index (κ1) is 16.5. The Bertz CT molecular complexity index is 695. The molecular weight excluding hydrogens is 300 g/mol. The fourth-order valence-corrected chi connectivity index (χ4v) is 1.88. The fraction of sp³-hybridized carbons (Fsp3) is 0.176. The molecule has 0 amide bonds. The molecule has 6 nitrogen and oxygen atoms in total. The normalized spacial score (nSPS) is 10.1. The highest BCUT2D eigenvalue weighted by atomic mass is 16.5. The summed E-state index contributed by atoms with van der Waals surface area (Å²) in [6, 6.07) is 12.5. The van der Waals surface area contributed by atoms with E-state index in [1.54, 1.807) is 43.5 Å². The van der Waals surface area contributed by atoms with Gasteiger partial charge in [-0.25, -0.2) is 9.59 Å². The molecule has 2 aromatic carbocycles. The summed E-state index contributed by atoms with van der Waals surface area (Å²) in [5.74, 6) is -1.52. The Labute approximate surface area is 133 Å². The number of hydrogen-bond donors (Lipinski definition) is 1. The lowest BCUT2D eigenvalue weighted by Crippen LogP contribution is -2.14. The molecule has 1 N–H and O–H groups in total. The van der Waals surface area contributed by atoms with Crippen molar-refractivity contribution in [2.45, 2.75) is 0 Å². The number of benzene rings is 2. The molecule has 0 aliphatic heterocycles. The van der Waals surface area contributed by atoms with Crippen molar-refractivity contribution in [3.05, 3.63) is 59.7 Å². The second-order valence-electron chi connectivity index (χ2n) is 4.53. The quantitative estimate of drug-likeness (QED) is 0.480. The Morgan fingerprint density at radius 3 is 2.17 bits per heavy atom. The Morgan fingerprint density at radius 1 is 0.913 bits per heavy atom. The summed E-state index contributed by atoms with van der Waals surface area (Å²) in [7, 11) is 1.55. The lowest BCUT2D eigenvalue weighted by Gasteiger charge is -2.11. The third kappa shape index (κ3) is 4.31. The second kappa shape index (κ2) is 7.95. The molecule has 120 valence electrons. The van der Waals surface area contributed by atoms with Crippen molar-refractivity contribution < 1.29 is 28.9 Å². The number of aromatic carboxylic acids is 1. The molecule has 0 fully saturated rings. The van der Waals surface area contributed by atoms with E-state index in [-0.39, 0.29) is 23.5 Å². The number of carbonyl (C=O) groups is 2. The van der Waals surface area contributed by atoms with E-state index in [0.717, 1.165) is 0 Å². The standard InChI is InChI=1S/C17H16O6/c1-21-10-11-22-14-8-4-3-7-13(14)17(20)23-15-9-5-2-6-12(15)16(18)19/h2-9H,10-11H2,1H3,(H,18,19). The fourth-order valence-electron chi connectivity index (χ4n) is 1.88. The van der Waals surface area contributed by atoms with Crippen LogP contribution in [0.25, 0.3) is 0 Å². The zero-order valence-corrected chi connectivity index (χ0v) is 12.5. The molecule has 0 heterocycles. The van der Waals surface area contributed by atoms with Crippen LogP contribution >= 0.6 is 0 Å². The molecule has 0 aliphatic carbocycles. The number of esters is 1. The first-order valence-electron chi connectivity index (χ1n) is 6.88. The van der Waals surface area contributed by atoms with Gasteiger partial charge in [-0.1, -0.05) is 24.3 Å². The average Bonchev–Trinajstić information content (AvgIpc) is 2.56. The zero-order chi connectivity index (χ0) is 16.7. The predicted octanol–water partition coefficient (Wildman–Crippen LogP) is 2.63. The molecule has 0 radical (unpaired) electrons. The molecule has 2 rings (SSSR count). The Balaban J connectivity index is 2.20. The van der Waals surface area contributed by atoms with Crippen molar-refractivity contribution >= 4 is 11.9 Å². The lowest BCUT2D eigenvalue weighted by molar-refractivity contribution is 0.0680. The van der Waals surface area contributed by atoms with Crippen LogP contribution in [0, 0.1) is 0 Å². The number of carbonyl (C=O) groups excluding carboxylic acids is 1. The molecule has 0 atom stereocenters. The SMILES string of the molecule is COCCOc1ccccc1C(=O)Oc1ccccc1C(=O)O. The summed E-state index contributed by atoms with van der Waals surface area (Å²) < 4.78 is 15.6. The molecule has 2 aromatic rings. The third-order valence-electron chi connectivity index (χ3n) is 2.97. The van der Waals surface area contributed by atoms with Gasteiger partial charge in [0.05, 0.1) is 6.61 Å². The molecule has 0 aliphatic rings. The summed E-state index contributed by atoms with van der Waals surface area (Å²) in [5, 5.41) is 9.12. The van der Waals surface area contributed by atoms with E-state index in [1.807, 2.05) is 0 Å². The number of methoxy groups -OCH3 is 1. The number of ether oxygens (including phenoxy) is 3. The summed E-state index contributed by atoms with van der Waals surface area (Å²) >= 11 is 0. The highest BCUT2D eigenvalue weighted by Crippen LogP contribution is 2.23. The average molecular weight is 316 g/mol. The number of hydrogen-bond acceptors (Lipinski definition) is 5. The Hall–Kier alpha value is -2.86. The van der Waals surface area contributed by atoms with E-state index in [2.05, 4.69) is 0 Å². The van der Waals surface area contributed by atoms with Crippen molar-refractivity contribution in [1.29, 1.82) is 0 Å². The summed E-state index contributed by atoms with van der Waals surface area (Å²) in [4.78, 5) is 23.5. The van der Waals surface area contributed by atoms with Gasteiger partial charge in [0.1, 0.15) is 29.2 Å². The van der Waals surface area contributed by atoms with E-state index < -0.39 is 11.9 Å². The van der Waals surface area contributed by atoms with E-state index >= 15 is 0 Å². The van der Waals surface area contributed by atoms with Gasteiger partial charge in [0.15, 0.2) is 0 Å². The molecule has 0 saturated heterocycles. The van der Waals surface area contributed by atoms with Gasteiger partial charge in [-0.15, -0.1) is 0 Å². The minimum atomic E-state index is -1.17. The number of carboxylic acid groups (broad SMARTS) is 1. The van der Waals surface area contributed by atoms with Crippen LogP contribution in [0.1, 0.15) is 20.7 Å². The molecule has 0 aromatic heterocycles. The van der Waals surface area contributed by atoms with Crippen LogP contribution in [0.3, 0.4) is 0 Å². The molecule has 0 spiro atoms. The predicted molar refractivity (Wildman–Crippen MR) is 82.2 cm³/mol. The summed E-state index contributed by atoms with van der Waals surface area (Å²) in [6.45, 7) is 0.664. The van der Waals surface area contributed by atoms with Crippen LogP contribution in [0.5, 0.6) is 11.5 Å². The van der Waals surface area contributed by atoms with Gasteiger partial charge >= 0.3 is 11.9 Å². The minimum Gasteiger partial charge on any atom is -0.490 e. The maximum Gasteiger partial charge on any atom is 0.347 e.